The van der Waals surface area contributed by atoms with Crippen LogP contribution in [0, 0.1) is 16.0 Å². The SMILES string of the molecule is CCOC(=O)C1CCN(c2nc(N(C)S(=O)(=O)c3ccc(OC)cc3)ccc2[N+](=O)[O-])CC1. The third-order valence-electron chi connectivity index (χ3n) is 5.49. The van der Waals surface area contributed by atoms with Crippen molar-refractivity contribution in [2.45, 2.75) is 24.7 Å². The summed E-state index contributed by atoms with van der Waals surface area (Å²) in [4.78, 5) is 29.1. The van der Waals surface area contributed by atoms with Gasteiger partial charge in [-0.05, 0) is 50.1 Å². The Morgan fingerprint density at radius 1 is 1.21 bits per heavy atom. The maximum Gasteiger partial charge on any atom is 0.311 e. The summed E-state index contributed by atoms with van der Waals surface area (Å²) in [5.41, 5.74) is -0.233. The fraction of sp³-hybridized carbons (Fsp3) is 0.429. The van der Waals surface area contributed by atoms with Crippen molar-refractivity contribution < 1.29 is 27.6 Å². The Morgan fingerprint density at radius 3 is 2.39 bits per heavy atom. The summed E-state index contributed by atoms with van der Waals surface area (Å²) in [6.45, 7) is 2.75. The zero-order valence-corrected chi connectivity index (χ0v) is 19.4. The number of carbonyl (C=O) groups excluding carboxylic acids is 1. The van der Waals surface area contributed by atoms with Crippen LogP contribution in [0.2, 0.25) is 0 Å². The van der Waals surface area contributed by atoms with E-state index in [0.717, 1.165) is 4.31 Å². The van der Waals surface area contributed by atoms with E-state index < -0.39 is 14.9 Å². The molecule has 11 nitrogen and oxygen atoms in total. The smallest absolute Gasteiger partial charge is 0.311 e. The molecule has 0 N–H and O–H groups in total. The van der Waals surface area contributed by atoms with E-state index in [1.807, 2.05) is 0 Å². The number of nitrogens with zero attached hydrogens (tertiary/aromatic N) is 4. The van der Waals surface area contributed by atoms with Crippen LogP contribution in [0.5, 0.6) is 5.75 Å². The van der Waals surface area contributed by atoms with Gasteiger partial charge in [-0.25, -0.2) is 13.4 Å². The van der Waals surface area contributed by atoms with Crippen LogP contribution in [0.1, 0.15) is 19.8 Å². The highest BCUT2D eigenvalue weighted by Crippen LogP contribution is 2.33. The normalized spacial score (nSPS) is 14.6. The van der Waals surface area contributed by atoms with Crippen molar-refractivity contribution >= 4 is 33.3 Å². The molecule has 1 aliphatic heterocycles. The fourth-order valence-electron chi connectivity index (χ4n) is 3.60. The zero-order valence-electron chi connectivity index (χ0n) is 18.6. The van der Waals surface area contributed by atoms with Crippen molar-refractivity contribution in [1.82, 2.24) is 4.98 Å². The lowest BCUT2D eigenvalue weighted by atomic mass is 9.97. The van der Waals surface area contributed by atoms with Crippen molar-refractivity contribution in [2.24, 2.45) is 5.92 Å². The van der Waals surface area contributed by atoms with Crippen LogP contribution in [0.25, 0.3) is 0 Å². The monoisotopic (exact) mass is 478 g/mol. The van der Waals surface area contributed by atoms with E-state index in [4.69, 9.17) is 9.47 Å². The van der Waals surface area contributed by atoms with E-state index in [1.165, 1.54) is 50.6 Å². The molecule has 0 amide bonds. The predicted molar refractivity (Wildman–Crippen MR) is 121 cm³/mol. The molecule has 0 aliphatic carbocycles. The van der Waals surface area contributed by atoms with Crippen molar-refractivity contribution in [3.63, 3.8) is 0 Å². The number of carbonyl (C=O) groups is 1. The lowest BCUT2D eigenvalue weighted by molar-refractivity contribution is -0.384. The molecule has 0 bridgehead atoms. The van der Waals surface area contributed by atoms with Crippen molar-refractivity contribution in [3.05, 3.63) is 46.5 Å². The average molecular weight is 479 g/mol. The van der Waals surface area contributed by atoms with Gasteiger partial charge in [0.1, 0.15) is 11.6 Å². The van der Waals surface area contributed by atoms with E-state index in [0.29, 0.717) is 38.3 Å². The summed E-state index contributed by atoms with van der Waals surface area (Å²) in [7, 11) is -1.14. The maximum atomic E-state index is 13.1. The Bertz CT molecular complexity index is 1110. The minimum Gasteiger partial charge on any atom is -0.497 e. The number of pyridine rings is 1. The molecule has 1 saturated heterocycles. The quantitative estimate of drug-likeness (QED) is 0.319. The Labute approximate surface area is 192 Å². The largest absolute Gasteiger partial charge is 0.497 e. The first-order valence-electron chi connectivity index (χ1n) is 10.4. The van der Waals surface area contributed by atoms with Crippen LogP contribution in [0.4, 0.5) is 17.3 Å². The van der Waals surface area contributed by atoms with Crippen LogP contribution in [-0.4, -0.2) is 58.1 Å². The highest BCUT2D eigenvalue weighted by Gasteiger charge is 2.31. The van der Waals surface area contributed by atoms with Gasteiger partial charge >= 0.3 is 11.7 Å². The first kappa shape index (κ1) is 24.2. The van der Waals surface area contributed by atoms with Gasteiger partial charge < -0.3 is 14.4 Å². The topological polar surface area (TPSA) is 132 Å². The average Bonchev–Trinajstić information content (AvgIpc) is 2.83. The first-order chi connectivity index (χ1) is 15.7. The molecule has 178 valence electrons. The van der Waals surface area contributed by atoms with Crippen molar-refractivity contribution in [1.29, 1.82) is 0 Å². The Kier molecular flexibility index (Phi) is 7.36. The number of nitro groups is 1. The third kappa shape index (κ3) is 5.16. The minimum absolute atomic E-state index is 0.0303. The molecular formula is C21H26N4O7S. The fourth-order valence-corrected chi connectivity index (χ4v) is 4.74. The van der Waals surface area contributed by atoms with Crippen LogP contribution < -0.4 is 13.9 Å². The van der Waals surface area contributed by atoms with Gasteiger partial charge in [-0.3, -0.25) is 19.2 Å². The molecule has 0 atom stereocenters. The van der Waals surface area contributed by atoms with Gasteiger partial charge in [0, 0.05) is 26.2 Å². The molecule has 0 unspecified atom stereocenters. The van der Waals surface area contributed by atoms with Gasteiger partial charge in [0.05, 0.1) is 29.5 Å². The number of hydrogen-bond donors (Lipinski definition) is 0. The molecule has 1 fully saturated rings. The molecular weight excluding hydrogens is 452 g/mol. The van der Waals surface area contributed by atoms with Crippen molar-refractivity contribution in [2.75, 3.05) is 43.1 Å². The lowest BCUT2D eigenvalue weighted by Gasteiger charge is -2.31. The second kappa shape index (κ2) is 10.0. The molecule has 1 aromatic carbocycles. The number of methoxy groups -OCH3 is 1. The summed E-state index contributed by atoms with van der Waals surface area (Å²) in [6.07, 6.45) is 0.920. The standard InChI is InChI=1S/C21H26N4O7S/c1-4-32-21(26)15-11-13-24(14-12-15)20-18(25(27)28)9-10-19(22-20)23(2)33(29,30)17-7-5-16(31-3)6-8-17/h5-10,15H,4,11-14H2,1-3H3. The lowest BCUT2D eigenvalue weighted by Crippen LogP contribution is -2.38. The second-order valence-corrected chi connectivity index (χ2v) is 9.40. The number of benzene rings is 1. The molecule has 2 heterocycles. The van der Waals surface area contributed by atoms with Crippen LogP contribution in [0.15, 0.2) is 41.3 Å². The summed E-state index contributed by atoms with van der Waals surface area (Å²) < 4.78 is 37.2. The zero-order chi connectivity index (χ0) is 24.2. The number of anilines is 2. The minimum atomic E-state index is -3.96. The number of sulfonamides is 1. The van der Waals surface area contributed by atoms with E-state index >= 15 is 0 Å². The maximum absolute atomic E-state index is 13.1. The van der Waals surface area contributed by atoms with Gasteiger partial charge in [-0.15, -0.1) is 0 Å². The highest BCUT2D eigenvalue weighted by molar-refractivity contribution is 7.92. The molecule has 0 spiro atoms. The van der Waals surface area contributed by atoms with Gasteiger partial charge in [-0.1, -0.05) is 0 Å². The Morgan fingerprint density at radius 2 is 1.85 bits per heavy atom. The summed E-state index contributed by atoms with van der Waals surface area (Å²) >= 11 is 0. The number of piperidine rings is 1. The molecule has 33 heavy (non-hydrogen) atoms. The molecule has 12 heteroatoms. The molecule has 3 rings (SSSR count). The van der Waals surface area contributed by atoms with Gasteiger partial charge in [0.25, 0.3) is 10.0 Å². The molecule has 1 aliphatic rings. The molecule has 0 saturated carbocycles. The highest BCUT2D eigenvalue weighted by atomic mass is 32.2. The van der Waals surface area contributed by atoms with Crippen LogP contribution >= 0.6 is 0 Å². The van der Waals surface area contributed by atoms with Crippen LogP contribution in [0.3, 0.4) is 0 Å². The van der Waals surface area contributed by atoms with E-state index in [-0.39, 0.29) is 34.1 Å². The Hall–Kier alpha value is -3.41. The number of esters is 1. The number of hydrogen-bond acceptors (Lipinski definition) is 9. The number of ether oxygens (including phenoxy) is 2. The number of aromatic nitrogens is 1. The van der Waals surface area contributed by atoms with E-state index in [2.05, 4.69) is 4.98 Å². The third-order valence-corrected chi connectivity index (χ3v) is 7.27. The Balaban J connectivity index is 1.88. The van der Waals surface area contributed by atoms with Gasteiger partial charge in [0.15, 0.2) is 0 Å². The molecule has 2 aromatic rings. The van der Waals surface area contributed by atoms with Crippen molar-refractivity contribution in [3.8, 4) is 5.75 Å². The van der Waals surface area contributed by atoms with Crippen LogP contribution in [-0.2, 0) is 19.6 Å². The molecule has 1 aromatic heterocycles. The first-order valence-corrected chi connectivity index (χ1v) is 11.8. The van der Waals surface area contributed by atoms with E-state index in [9.17, 15) is 23.3 Å². The van der Waals surface area contributed by atoms with E-state index in [1.54, 1.807) is 11.8 Å². The number of rotatable bonds is 8. The molecule has 0 radical (unpaired) electrons. The van der Waals surface area contributed by atoms with Gasteiger partial charge in [0.2, 0.25) is 5.82 Å². The summed E-state index contributed by atoms with van der Waals surface area (Å²) in [6, 6.07) is 8.43. The predicted octanol–water partition coefficient (Wildman–Crippen LogP) is 2.60. The van der Waals surface area contributed by atoms with Gasteiger partial charge in [-0.2, -0.15) is 0 Å². The summed E-state index contributed by atoms with van der Waals surface area (Å²) in [5.74, 6) is 0.0642. The second-order valence-electron chi connectivity index (χ2n) is 7.43. The summed E-state index contributed by atoms with van der Waals surface area (Å²) in [5, 5.41) is 11.6.